The van der Waals surface area contributed by atoms with Crippen molar-refractivity contribution in [1.29, 1.82) is 0 Å². The van der Waals surface area contributed by atoms with Gasteiger partial charge in [-0.2, -0.15) is 0 Å². The summed E-state index contributed by atoms with van der Waals surface area (Å²) in [6.45, 7) is 2.14. The minimum atomic E-state index is 0.656. The smallest absolute Gasteiger partial charge is 0.164 e. The normalized spacial score (nSPS) is 11.0. The Kier molecular flexibility index (Phi) is 6.38. The maximum atomic E-state index is 4.88. The zero-order valence-corrected chi connectivity index (χ0v) is 22.7. The Morgan fingerprint density at radius 3 is 1.27 bits per heavy atom. The summed E-state index contributed by atoms with van der Waals surface area (Å²) >= 11 is 0. The lowest BCUT2D eigenvalue weighted by atomic mass is 9.91. The lowest BCUT2D eigenvalue weighted by Crippen LogP contribution is -2.00. The van der Waals surface area contributed by atoms with Crippen LogP contribution >= 0.6 is 0 Å². The standard InChI is InChI=1S/C38H27N3/c1-26-11-10-16-31(25-26)33-24-23-32(34-17-8-9-18-35(33)34)27-19-21-30(22-20-27)38-40-36(28-12-4-2-5-13-28)39-37(41-38)29-14-6-3-7-15-29/h2-25H,1H3. The van der Waals surface area contributed by atoms with Gasteiger partial charge in [-0.25, -0.2) is 15.0 Å². The van der Waals surface area contributed by atoms with Crippen LogP contribution in [-0.2, 0) is 0 Å². The SMILES string of the molecule is Cc1cccc(-c2ccc(-c3ccc(-c4nc(-c5ccccc5)nc(-c5ccccc5)n4)cc3)c3ccccc23)c1. The number of aryl methyl sites for hydroxylation is 1. The van der Waals surface area contributed by atoms with Gasteiger partial charge in [0.15, 0.2) is 17.5 Å². The van der Waals surface area contributed by atoms with Gasteiger partial charge in [-0.15, -0.1) is 0 Å². The highest BCUT2D eigenvalue weighted by molar-refractivity contribution is 6.05. The second-order valence-electron chi connectivity index (χ2n) is 10.2. The van der Waals surface area contributed by atoms with Crippen LogP contribution in [0.2, 0.25) is 0 Å². The zero-order valence-electron chi connectivity index (χ0n) is 22.7. The van der Waals surface area contributed by atoms with E-state index in [0.717, 1.165) is 22.3 Å². The third kappa shape index (κ3) is 4.90. The fraction of sp³-hybridized carbons (Fsp3) is 0.0263. The van der Waals surface area contributed by atoms with Gasteiger partial charge in [-0.1, -0.05) is 151 Å². The van der Waals surface area contributed by atoms with Crippen molar-refractivity contribution in [2.45, 2.75) is 6.92 Å². The molecule has 3 nitrogen and oxygen atoms in total. The van der Waals surface area contributed by atoms with Gasteiger partial charge >= 0.3 is 0 Å². The number of benzene rings is 6. The van der Waals surface area contributed by atoms with Crippen LogP contribution in [-0.4, -0.2) is 15.0 Å². The Hall–Kier alpha value is -5.41. The fourth-order valence-corrected chi connectivity index (χ4v) is 5.35. The Morgan fingerprint density at radius 2 is 0.756 bits per heavy atom. The summed E-state index contributed by atoms with van der Waals surface area (Å²) in [7, 11) is 0. The molecule has 0 unspecified atom stereocenters. The first-order valence-electron chi connectivity index (χ1n) is 13.8. The summed E-state index contributed by atoms with van der Waals surface area (Å²) < 4.78 is 0. The maximum absolute atomic E-state index is 4.88. The summed E-state index contributed by atoms with van der Waals surface area (Å²) in [4.78, 5) is 14.6. The van der Waals surface area contributed by atoms with Crippen LogP contribution in [0.3, 0.4) is 0 Å². The van der Waals surface area contributed by atoms with E-state index in [-0.39, 0.29) is 0 Å². The molecule has 0 bridgehead atoms. The Balaban J connectivity index is 1.31. The van der Waals surface area contributed by atoms with Gasteiger partial charge in [-0.3, -0.25) is 0 Å². The number of hydrogen-bond donors (Lipinski definition) is 0. The summed E-state index contributed by atoms with van der Waals surface area (Å²) in [6.07, 6.45) is 0. The molecule has 0 spiro atoms. The summed E-state index contributed by atoms with van der Waals surface area (Å²) in [6, 6.07) is 50.5. The van der Waals surface area contributed by atoms with Gasteiger partial charge in [0.1, 0.15) is 0 Å². The Labute approximate surface area is 239 Å². The second kappa shape index (κ2) is 10.6. The minimum absolute atomic E-state index is 0.656. The van der Waals surface area contributed by atoms with Crippen LogP contribution in [0, 0.1) is 6.92 Å². The number of hydrogen-bond acceptors (Lipinski definition) is 3. The van der Waals surface area contributed by atoms with Crippen molar-refractivity contribution in [3.8, 4) is 56.4 Å². The first kappa shape index (κ1) is 24.6. The van der Waals surface area contributed by atoms with E-state index in [2.05, 4.69) is 91.9 Å². The highest BCUT2D eigenvalue weighted by Crippen LogP contribution is 2.36. The van der Waals surface area contributed by atoms with Crippen LogP contribution in [0.15, 0.2) is 146 Å². The zero-order chi connectivity index (χ0) is 27.6. The first-order valence-corrected chi connectivity index (χ1v) is 13.8. The maximum Gasteiger partial charge on any atom is 0.164 e. The van der Waals surface area contributed by atoms with Crippen molar-refractivity contribution >= 4 is 10.8 Å². The lowest BCUT2D eigenvalue weighted by Gasteiger charge is -2.13. The Morgan fingerprint density at radius 1 is 0.341 bits per heavy atom. The second-order valence-corrected chi connectivity index (χ2v) is 10.2. The largest absolute Gasteiger partial charge is 0.208 e. The molecule has 0 radical (unpaired) electrons. The van der Waals surface area contributed by atoms with Gasteiger partial charge in [0.2, 0.25) is 0 Å². The molecular formula is C38H27N3. The van der Waals surface area contributed by atoms with Crippen LogP contribution in [0.4, 0.5) is 0 Å². The van der Waals surface area contributed by atoms with Crippen molar-refractivity contribution in [2.24, 2.45) is 0 Å². The number of nitrogens with zero attached hydrogens (tertiary/aromatic N) is 3. The molecule has 0 aliphatic heterocycles. The monoisotopic (exact) mass is 525 g/mol. The molecule has 194 valence electrons. The van der Waals surface area contributed by atoms with Gasteiger partial charge in [0.05, 0.1) is 0 Å². The van der Waals surface area contributed by atoms with E-state index < -0.39 is 0 Å². The predicted molar refractivity (Wildman–Crippen MR) is 169 cm³/mol. The highest BCUT2D eigenvalue weighted by Gasteiger charge is 2.13. The molecule has 41 heavy (non-hydrogen) atoms. The van der Waals surface area contributed by atoms with Crippen molar-refractivity contribution < 1.29 is 0 Å². The van der Waals surface area contributed by atoms with Crippen molar-refractivity contribution in [3.63, 3.8) is 0 Å². The molecular weight excluding hydrogens is 498 g/mol. The Bertz CT molecular complexity index is 1920. The van der Waals surface area contributed by atoms with Crippen LogP contribution in [0.5, 0.6) is 0 Å². The summed E-state index contributed by atoms with van der Waals surface area (Å²) in [5.74, 6) is 1.98. The molecule has 6 aromatic carbocycles. The van der Waals surface area contributed by atoms with E-state index >= 15 is 0 Å². The molecule has 0 N–H and O–H groups in total. The van der Waals surface area contributed by atoms with E-state index in [9.17, 15) is 0 Å². The minimum Gasteiger partial charge on any atom is -0.208 e. The third-order valence-corrected chi connectivity index (χ3v) is 7.41. The first-order chi connectivity index (χ1) is 20.2. The van der Waals surface area contributed by atoms with Crippen molar-refractivity contribution in [1.82, 2.24) is 15.0 Å². The number of fused-ring (bicyclic) bond motifs is 1. The molecule has 0 atom stereocenters. The highest BCUT2D eigenvalue weighted by atomic mass is 15.0. The predicted octanol–water partition coefficient (Wildman–Crippen LogP) is 9.67. The average molecular weight is 526 g/mol. The molecule has 0 aliphatic carbocycles. The van der Waals surface area contributed by atoms with E-state index in [4.69, 9.17) is 15.0 Å². The molecule has 0 aliphatic rings. The van der Waals surface area contributed by atoms with Gasteiger partial charge in [0, 0.05) is 16.7 Å². The summed E-state index contributed by atoms with van der Waals surface area (Å²) in [5, 5.41) is 2.48. The average Bonchev–Trinajstić information content (AvgIpc) is 3.05. The van der Waals surface area contributed by atoms with Crippen LogP contribution < -0.4 is 0 Å². The van der Waals surface area contributed by atoms with Gasteiger partial charge in [-0.05, 0) is 39.9 Å². The third-order valence-electron chi connectivity index (χ3n) is 7.41. The molecule has 0 fully saturated rings. The molecule has 0 saturated heterocycles. The van der Waals surface area contributed by atoms with Crippen molar-refractivity contribution in [2.75, 3.05) is 0 Å². The molecule has 0 amide bonds. The number of aromatic nitrogens is 3. The number of rotatable bonds is 5. The van der Waals surface area contributed by atoms with E-state index in [1.807, 2.05) is 60.7 Å². The van der Waals surface area contributed by atoms with Crippen LogP contribution in [0.1, 0.15) is 5.56 Å². The molecule has 1 aromatic heterocycles. The topological polar surface area (TPSA) is 38.7 Å². The molecule has 7 aromatic rings. The van der Waals surface area contributed by atoms with Crippen LogP contribution in [0.25, 0.3) is 67.2 Å². The van der Waals surface area contributed by atoms with Gasteiger partial charge in [0.25, 0.3) is 0 Å². The fourth-order valence-electron chi connectivity index (χ4n) is 5.35. The molecule has 7 rings (SSSR count). The molecule has 3 heteroatoms. The molecule has 1 heterocycles. The van der Waals surface area contributed by atoms with Crippen molar-refractivity contribution in [3.05, 3.63) is 151 Å². The molecule has 0 saturated carbocycles. The summed E-state index contributed by atoms with van der Waals surface area (Å²) in [5.41, 5.74) is 8.98. The van der Waals surface area contributed by atoms with E-state index in [1.165, 1.54) is 33.0 Å². The lowest BCUT2D eigenvalue weighted by molar-refractivity contribution is 1.07. The quantitative estimate of drug-likeness (QED) is 0.224. The van der Waals surface area contributed by atoms with E-state index in [0.29, 0.717) is 17.5 Å². The van der Waals surface area contributed by atoms with Gasteiger partial charge < -0.3 is 0 Å². The van der Waals surface area contributed by atoms with E-state index in [1.54, 1.807) is 0 Å².